The molecule has 0 amide bonds. The Hall–Kier alpha value is -0.860. The van der Waals surface area contributed by atoms with Gasteiger partial charge in [0.2, 0.25) is 0 Å². The molecule has 2 nitrogen and oxygen atoms in total. The van der Waals surface area contributed by atoms with E-state index in [0.717, 1.165) is 12.5 Å². The summed E-state index contributed by atoms with van der Waals surface area (Å²) in [7, 11) is 2.08. The van der Waals surface area contributed by atoms with Crippen LogP contribution in [0.1, 0.15) is 18.9 Å². The van der Waals surface area contributed by atoms with Gasteiger partial charge in [0, 0.05) is 25.7 Å². The molecule has 1 heterocycles. The zero-order valence-corrected chi connectivity index (χ0v) is 10.3. The van der Waals surface area contributed by atoms with Crippen molar-refractivity contribution in [3.63, 3.8) is 0 Å². The van der Waals surface area contributed by atoms with Crippen LogP contribution in [-0.4, -0.2) is 31.1 Å². The van der Waals surface area contributed by atoms with Crippen molar-refractivity contribution in [2.75, 3.05) is 20.1 Å². The first-order valence-electron chi connectivity index (χ1n) is 6.27. The van der Waals surface area contributed by atoms with Gasteiger partial charge in [0.15, 0.2) is 0 Å². The summed E-state index contributed by atoms with van der Waals surface area (Å²) in [4.78, 5) is 2.53. The number of nitrogens with zero attached hydrogens (tertiary/aromatic N) is 1. The van der Waals surface area contributed by atoms with Crippen LogP contribution in [0, 0.1) is 5.92 Å². The molecule has 1 aliphatic heterocycles. The maximum atomic E-state index is 3.41. The first-order valence-corrected chi connectivity index (χ1v) is 6.27. The van der Waals surface area contributed by atoms with Crippen molar-refractivity contribution >= 4 is 0 Å². The highest BCUT2D eigenvalue weighted by molar-refractivity contribution is 5.15. The van der Waals surface area contributed by atoms with Crippen LogP contribution in [0.25, 0.3) is 0 Å². The Morgan fingerprint density at radius 1 is 1.31 bits per heavy atom. The fraction of sp³-hybridized carbons (Fsp3) is 0.571. The third-order valence-electron chi connectivity index (χ3n) is 3.61. The first kappa shape index (κ1) is 11.6. The average Bonchev–Trinajstić information content (AvgIpc) is 2.28. The van der Waals surface area contributed by atoms with Crippen molar-refractivity contribution < 1.29 is 0 Å². The standard InChI is InChI=1S/C14H22N2/c1-3-14(15-2)13-10-16(11-13)9-12-7-5-4-6-8-12/h4-8,13-15H,3,9-11H2,1-2H3. The molecule has 0 saturated carbocycles. The molecule has 1 saturated heterocycles. The predicted molar refractivity (Wildman–Crippen MR) is 68.3 cm³/mol. The lowest BCUT2D eigenvalue weighted by Crippen LogP contribution is -2.54. The van der Waals surface area contributed by atoms with Gasteiger partial charge in [0.1, 0.15) is 0 Å². The molecular weight excluding hydrogens is 196 g/mol. The fourth-order valence-corrected chi connectivity index (χ4v) is 2.61. The quantitative estimate of drug-likeness (QED) is 0.814. The predicted octanol–water partition coefficient (Wildman–Crippen LogP) is 2.12. The van der Waals surface area contributed by atoms with Crippen molar-refractivity contribution in [3.05, 3.63) is 35.9 Å². The SMILES string of the molecule is CCC(NC)C1CN(Cc2ccccc2)C1. The molecular formula is C14H22N2. The van der Waals surface area contributed by atoms with Gasteiger partial charge in [-0.15, -0.1) is 0 Å². The minimum atomic E-state index is 0.701. The highest BCUT2D eigenvalue weighted by Gasteiger charge is 2.31. The second-order valence-electron chi connectivity index (χ2n) is 4.74. The Kier molecular flexibility index (Phi) is 3.97. The smallest absolute Gasteiger partial charge is 0.0234 e. The summed E-state index contributed by atoms with van der Waals surface area (Å²) in [5.41, 5.74) is 1.43. The molecule has 0 aliphatic carbocycles. The number of nitrogens with one attached hydrogen (secondary N) is 1. The van der Waals surface area contributed by atoms with E-state index < -0.39 is 0 Å². The van der Waals surface area contributed by atoms with Crippen LogP contribution in [0.3, 0.4) is 0 Å². The molecule has 2 rings (SSSR count). The van der Waals surface area contributed by atoms with E-state index in [9.17, 15) is 0 Å². The molecule has 2 heteroatoms. The van der Waals surface area contributed by atoms with E-state index >= 15 is 0 Å². The third-order valence-corrected chi connectivity index (χ3v) is 3.61. The molecule has 0 radical (unpaired) electrons. The van der Waals surface area contributed by atoms with Crippen LogP contribution in [-0.2, 0) is 6.54 Å². The van der Waals surface area contributed by atoms with Crippen LogP contribution in [0.15, 0.2) is 30.3 Å². The van der Waals surface area contributed by atoms with Gasteiger partial charge in [0.05, 0.1) is 0 Å². The number of benzene rings is 1. The van der Waals surface area contributed by atoms with Crippen LogP contribution in [0.2, 0.25) is 0 Å². The number of hydrogen-bond donors (Lipinski definition) is 1. The van der Waals surface area contributed by atoms with E-state index in [2.05, 4.69) is 54.5 Å². The summed E-state index contributed by atoms with van der Waals surface area (Å²) in [6.07, 6.45) is 1.24. The van der Waals surface area contributed by atoms with Gasteiger partial charge in [-0.1, -0.05) is 37.3 Å². The summed E-state index contributed by atoms with van der Waals surface area (Å²) in [5, 5.41) is 3.41. The van der Waals surface area contributed by atoms with Gasteiger partial charge in [-0.2, -0.15) is 0 Å². The highest BCUT2D eigenvalue weighted by Crippen LogP contribution is 2.22. The van der Waals surface area contributed by atoms with Crippen LogP contribution in [0.5, 0.6) is 0 Å². The van der Waals surface area contributed by atoms with Crippen molar-refractivity contribution in [1.82, 2.24) is 10.2 Å². The van der Waals surface area contributed by atoms with Crippen LogP contribution >= 0.6 is 0 Å². The Labute approximate surface area is 98.7 Å². The molecule has 0 spiro atoms. The Bertz CT molecular complexity index is 300. The van der Waals surface area contributed by atoms with Crippen LogP contribution < -0.4 is 5.32 Å². The molecule has 88 valence electrons. The Morgan fingerprint density at radius 3 is 2.56 bits per heavy atom. The van der Waals surface area contributed by atoms with Gasteiger partial charge in [-0.25, -0.2) is 0 Å². The van der Waals surface area contributed by atoms with Gasteiger partial charge < -0.3 is 5.32 Å². The minimum Gasteiger partial charge on any atom is -0.317 e. The minimum absolute atomic E-state index is 0.701. The molecule has 1 N–H and O–H groups in total. The highest BCUT2D eigenvalue weighted by atomic mass is 15.2. The summed E-state index contributed by atoms with van der Waals surface area (Å²) < 4.78 is 0. The van der Waals surface area contributed by atoms with E-state index in [1.165, 1.54) is 25.1 Å². The first-order chi connectivity index (χ1) is 7.83. The van der Waals surface area contributed by atoms with E-state index in [1.54, 1.807) is 0 Å². The van der Waals surface area contributed by atoms with Crippen LogP contribution in [0.4, 0.5) is 0 Å². The third kappa shape index (κ3) is 2.63. The van der Waals surface area contributed by atoms with E-state index in [0.29, 0.717) is 6.04 Å². The van der Waals surface area contributed by atoms with Gasteiger partial charge in [0.25, 0.3) is 0 Å². The summed E-state index contributed by atoms with van der Waals surface area (Å²) >= 11 is 0. The lowest BCUT2D eigenvalue weighted by atomic mass is 9.89. The molecule has 1 aliphatic rings. The topological polar surface area (TPSA) is 15.3 Å². The second kappa shape index (κ2) is 5.46. The monoisotopic (exact) mass is 218 g/mol. The summed E-state index contributed by atoms with van der Waals surface area (Å²) in [6.45, 7) is 5.86. The fourth-order valence-electron chi connectivity index (χ4n) is 2.61. The maximum absolute atomic E-state index is 3.41. The van der Waals surface area contributed by atoms with Crippen molar-refractivity contribution in [3.8, 4) is 0 Å². The molecule has 1 aromatic carbocycles. The Morgan fingerprint density at radius 2 is 2.00 bits per heavy atom. The Balaban J connectivity index is 1.77. The lowest BCUT2D eigenvalue weighted by molar-refractivity contribution is 0.0652. The van der Waals surface area contributed by atoms with E-state index in [4.69, 9.17) is 0 Å². The lowest BCUT2D eigenvalue weighted by Gasteiger charge is -2.43. The van der Waals surface area contributed by atoms with Gasteiger partial charge in [-0.05, 0) is 24.9 Å². The van der Waals surface area contributed by atoms with E-state index in [-0.39, 0.29) is 0 Å². The number of likely N-dealkylation sites (tertiary alicyclic amines) is 1. The molecule has 16 heavy (non-hydrogen) atoms. The molecule has 0 bridgehead atoms. The normalized spacial score (nSPS) is 19.4. The molecule has 1 fully saturated rings. The van der Waals surface area contributed by atoms with Crippen molar-refractivity contribution in [2.45, 2.75) is 25.9 Å². The number of hydrogen-bond acceptors (Lipinski definition) is 2. The molecule has 1 unspecified atom stereocenters. The van der Waals surface area contributed by atoms with Crippen molar-refractivity contribution in [1.29, 1.82) is 0 Å². The molecule has 0 aromatic heterocycles. The van der Waals surface area contributed by atoms with E-state index in [1.807, 2.05) is 0 Å². The summed E-state index contributed by atoms with van der Waals surface area (Å²) in [6, 6.07) is 11.4. The van der Waals surface area contributed by atoms with Gasteiger partial charge in [-0.3, -0.25) is 4.90 Å². The zero-order valence-electron chi connectivity index (χ0n) is 10.3. The zero-order chi connectivity index (χ0) is 11.4. The number of rotatable bonds is 5. The largest absolute Gasteiger partial charge is 0.317 e. The molecule has 1 atom stereocenters. The summed E-state index contributed by atoms with van der Waals surface area (Å²) in [5.74, 6) is 0.846. The molecule has 1 aromatic rings. The maximum Gasteiger partial charge on any atom is 0.0234 e. The van der Waals surface area contributed by atoms with Gasteiger partial charge >= 0.3 is 0 Å². The second-order valence-corrected chi connectivity index (χ2v) is 4.74. The average molecular weight is 218 g/mol. The van der Waals surface area contributed by atoms with Crippen molar-refractivity contribution in [2.24, 2.45) is 5.92 Å².